The van der Waals surface area contributed by atoms with Gasteiger partial charge in [-0.1, -0.05) is 6.42 Å². The van der Waals surface area contributed by atoms with Crippen LogP contribution in [-0.2, 0) is 0 Å². The van der Waals surface area contributed by atoms with Crippen molar-refractivity contribution in [2.24, 2.45) is 5.92 Å². The summed E-state index contributed by atoms with van der Waals surface area (Å²) in [6.07, 6.45) is 4.41. The fraction of sp³-hybridized carbons (Fsp3) is 1.00. The lowest BCUT2D eigenvalue weighted by molar-refractivity contribution is -0.0370. The molecule has 0 aromatic heterocycles. The van der Waals surface area contributed by atoms with Crippen LogP contribution in [0.25, 0.3) is 0 Å². The van der Waals surface area contributed by atoms with Gasteiger partial charge in [0.2, 0.25) is 0 Å². The largest absolute Gasteiger partial charge is 0.393 e. The minimum absolute atomic E-state index is 0.362. The number of alkyl halides is 1. The number of hydrogen-bond donors (Lipinski definition) is 1. The van der Waals surface area contributed by atoms with Gasteiger partial charge in [-0.2, -0.15) is 0 Å². The summed E-state index contributed by atoms with van der Waals surface area (Å²) in [6.45, 7) is 0. The van der Waals surface area contributed by atoms with Gasteiger partial charge in [0.1, 0.15) is 5.67 Å². The van der Waals surface area contributed by atoms with Gasteiger partial charge in [-0.25, -0.2) is 4.39 Å². The Kier molecular flexibility index (Phi) is 1.67. The van der Waals surface area contributed by atoms with Crippen LogP contribution < -0.4 is 0 Å². The molecule has 3 atom stereocenters. The predicted molar refractivity (Wildman–Crippen MR) is 41.0 cm³/mol. The molecular formula is C9H15FO. The highest BCUT2D eigenvalue weighted by Gasteiger charge is 2.42. The summed E-state index contributed by atoms with van der Waals surface area (Å²) in [5.74, 6) is 0.470. The summed E-state index contributed by atoms with van der Waals surface area (Å²) in [4.78, 5) is 0. The average Bonchev–Trinajstić information content (AvgIpc) is 1.82. The number of hydrogen-bond acceptors (Lipinski definition) is 1. The van der Waals surface area contributed by atoms with Crippen molar-refractivity contribution in [1.29, 1.82) is 0 Å². The molecular weight excluding hydrogens is 143 g/mol. The molecule has 1 nitrogen and oxygen atoms in total. The van der Waals surface area contributed by atoms with E-state index in [0.29, 0.717) is 25.2 Å². The molecule has 0 aliphatic heterocycles. The van der Waals surface area contributed by atoms with E-state index in [4.69, 9.17) is 0 Å². The summed E-state index contributed by atoms with van der Waals surface area (Å²) in [5.41, 5.74) is -0.999. The second kappa shape index (κ2) is 2.44. The topological polar surface area (TPSA) is 20.2 Å². The van der Waals surface area contributed by atoms with Gasteiger partial charge in [0, 0.05) is 6.42 Å². The van der Waals surface area contributed by atoms with Crippen LogP contribution in [0.3, 0.4) is 0 Å². The molecule has 2 bridgehead atoms. The first-order valence-electron chi connectivity index (χ1n) is 4.55. The zero-order valence-electron chi connectivity index (χ0n) is 6.72. The zero-order chi connectivity index (χ0) is 7.90. The van der Waals surface area contributed by atoms with Crippen LogP contribution in [0.4, 0.5) is 4.39 Å². The van der Waals surface area contributed by atoms with Crippen LogP contribution in [-0.4, -0.2) is 16.9 Å². The monoisotopic (exact) mass is 158 g/mol. The Morgan fingerprint density at radius 1 is 1.36 bits per heavy atom. The lowest BCUT2D eigenvalue weighted by Gasteiger charge is -2.41. The molecule has 0 heterocycles. The van der Waals surface area contributed by atoms with Gasteiger partial charge in [-0.05, 0) is 31.6 Å². The molecule has 0 radical (unpaired) electrons. The van der Waals surface area contributed by atoms with E-state index in [9.17, 15) is 9.50 Å². The van der Waals surface area contributed by atoms with Crippen molar-refractivity contribution < 1.29 is 9.50 Å². The van der Waals surface area contributed by atoms with Crippen LogP contribution in [0.2, 0.25) is 0 Å². The summed E-state index contributed by atoms with van der Waals surface area (Å²) < 4.78 is 13.7. The molecule has 2 aliphatic carbocycles. The van der Waals surface area contributed by atoms with Gasteiger partial charge in [0.05, 0.1) is 6.10 Å². The summed E-state index contributed by atoms with van der Waals surface area (Å²) in [5, 5.41) is 9.34. The molecule has 0 spiro atoms. The van der Waals surface area contributed by atoms with Crippen molar-refractivity contribution in [3.05, 3.63) is 0 Å². The number of fused-ring (bicyclic) bond motifs is 2. The van der Waals surface area contributed by atoms with Gasteiger partial charge < -0.3 is 5.11 Å². The van der Waals surface area contributed by atoms with E-state index >= 15 is 0 Å². The molecule has 64 valence electrons. The molecule has 0 aromatic carbocycles. The van der Waals surface area contributed by atoms with Crippen LogP contribution in [0.1, 0.15) is 38.5 Å². The van der Waals surface area contributed by atoms with Crippen molar-refractivity contribution in [3.63, 3.8) is 0 Å². The highest BCUT2D eigenvalue weighted by atomic mass is 19.1. The van der Waals surface area contributed by atoms with Gasteiger partial charge in [0.25, 0.3) is 0 Å². The smallest absolute Gasteiger partial charge is 0.113 e. The molecule has 2 fully saturated rings. The highest BCUT2D eigenvalue weighted by Crippen LogP contribution is 2.45. The molecule has 0 aromatic rings. The molecule has 2 rings (SSSR count). The van der Waals surface area contributed by atoms with Crippen molar-refractivity contribution in [3.8, 4) is 0 Å². The maximum Gasteiger partial charge on any atom is 0.113 e. The van der Waals surface area contributed by atoms with Crippen molar-refractivity contribution in [1.82, 2.24) is 0 Å². The number of halogens is 1. The highest BCUT2D eigenvalue weighted by molar-refractivity contribution is 4.94. The third-order valence-electron chi connectivity index (χ3n) is 3.10. The first-order valence-corrected chi connectivity index (χ1v) is 4.55. The number of aliphatic hydroxyl groups excluding tert-OH is 1. The molecule has 1 N–H and O–H groups in total. The Bertz CT molecular complexity index is 156. The minimum Gasteiger partial charge on any atom is -0.393 e. The lowest BCUT2D eigenvalue weighted by atomic mass is 9.69. The Balaban J connectivity index is 2.09. The Labute approximate surface area is 66.6 Å². The van der Waals surface area contributed by atoms with E-state index < -0.39 is 5.67 Å². The molecule has 11 heavy (non-hydrogen) atoms. The fourth-order valence-electron chi connectivity index (χ4n) is 2.71. The molecule has 2 heteroatoms. The molecule has 2 saturated carbocycles. The van der Waals surface area contributed by atoms with Gasteiger partial charge >= 0.3 is 0 Å². The maximum absolute atomic E-state index is 13.7. The lowest BCUT2D eigenvalue weighted by Crippen LogP contribution is -2.40. The Hall–Kier alpha value is -0.110. The third-order valence-corrected chi connectivity index (χ3v) is 3.10. The molecule has 0 amide bonds. The summed E-state index contributed by atoms with van der Waals surface area (Å²) in [7, 11) is 0. The quantitative estimate of drug-likeness (QED) is 0.572. The van der Waals surface area contributed by atoms with E-state index in [1.165, 1.54) is 0 Å². The van der Waals surface area contributed by atoms with Crippen molar-refractivity contribution in [2.45, 2.75) is 50.3 Å². The van der Waals surface area contributed by atoms with Crippen LogP contribution in [0, 0.1) is 5.92 Å². The summed E-state index contributed by atoms with van der Waals surface area (Å²) in [6, 6.07) is 0. The van der Waals surface area contributed by atoms with Crippen molar-refractivity contribution >= 4 is 0 Å². The Morgan fingerprint density at radius 3 is 2.91 bits per heavy atom. The van der Waals surface area contributed by atoms with Crippen LogP contribution >= 0.6 is 0 Å². The minimum atomic E-state index is -0.999. The zero-order valence-corrected chi connectivity index (χ0v) is 6.72. The number of rotatable bonds is 0. The third kappa shape index (κ3) is 1.41. The predicted octanol–water partition coefficient (Wildman–Crippen LogP) is 2.04. The van der Waals surface area contributed by atoms with Crippen molar-refractivity contribution in [2.75, 3.05) is 0 Å². The SMILES string of the molecule is OC1CC2CCCC(F)(C1)C2. The molecule has 2 aliphatic rings. The fourth-order valence-corrected chi connectivity index (χ4v) is 2.71. The average molecular weight is 158 g/mol. The second-order valence-corrected chi connectivity index (χ2v) is 4.21. The van der Waals surface area contributed by atoms with E-state index in [2.05, 4.69) is 0 Å². The van der Waals surface area contributed by atoms with E-state index in [1.54, 1.807) is 0 Å². The molecule has 3 unspecified atom stereocenters. The maximum atomic E-state index is 13.7. The van der Waals surface area contributed by atoms with E-state index in [1.807, 2.05) is 0 Å². The van der Waals surface area contributed by atoms with Crippen LogP contribution in [0.15, 0.2) is 0 Å². The second-order valence-electron chi connectivity index (χ2n) is 4.21. The molecule has 0 saturated heterocycles. The number of aliphatic hydroxyl groups is 1. The van der Waals surface area contributed by atoms with Gasteiger partial charge in [-0.15, -0.1) is 0 Å². The standard InChI is InChI=1S/C9H15FO/c10-9-3-1-2-7(5-9)4-8(11)6-9/h7-8,11H,1-6H2. The van der Waals surface area contributed by atoms with E-state index in [0.717, 1.165) is 19.3 Å². The summed E-state index contributed by atoms with van der Waals surface area (Å²) >= 11 is 0. The Morgan fingerprint density at radius 2 is 2.18 bits per heavy atom. The van der Waals surface area contributed by atoms with Gasteiger partial charge in [-0.3, -0.25) is 0 Å². The first-order chi connectivity index (χ1) is 5.18. The van der Waals surface area contributed by atoms with E-state index in [-0.39, 0.29) is 6.10 Å². The van der Waals surface area contributed by atoms with Crippen LogP contribution in [0.5, 0.6) is 0 Å². The normalized spacial score (nSPS) is 50.7. The van der Waals surface area contributed by atoms with Gasteiger partial charge in [0.15, 0.2) is 0 Å². The first kappa shape index (κ1) is 7.53.